The Balaban J connectivity index is 1.99. The molecule has 0 N–H and O–H groups in total. The summed E-state index contributed by atoms with van der Waals surface area (Å²) in [5, 5.41) is 1.50. The first-order valence-corrected chi connectivity index (χ1v) is 8.86. The second-order valence-corrected chi connectivity index (χ2v) is 7.13. The second-order valence-electron chi connectivity index (χ2n) is 5.63. The number of allylic oxidation sites excluding steroid dienone is 1. The summed E-state index contributed by atoms with van der Waals surface area (Å²) in [7, 11) is 0. The van der Waals surface area contributed by atoms with Gasteiger partial charge in [-0.15, -0.1) is 0 Å². The van der Waals surface area contributed by atoms with Gasteiger partial charge < -0.3 is 9.64 Å². The minimum absolute atomic E-state index is 0.0217. The zero-order chi connectivity index (χ0) is 18.0. The number of anilines is 1. The van der Waals surface area contributed by atoms with E-state index < -0.39 is 0 Å². The van der Waals surface area contributed by atoms with Crippen molar-refractivity contribution in [2.24, 2.45) is 0 Å². The fraction of sp³-hybridized carbons (Fsp3) is 0.158. The van der Waals surface area contributed by atoms with Gasteiger partial charge in [0.25, 0.3) is 0 Å². The Bertz CT molecular complexity index is 879. The van der Waals surface area contributed by atoms with Gasteiger partial charge in [0.2, 0.25) is 0 Å². The number of hydrogen-bond donors (Lipinski definition) is 0. The summed E-state index contributed by atoms with van der Waals surface area (Å²) in [5.41, 5.74) is 1.92. The molecule has 0 saturated heterocycles. The van der Waals surface area contributed by atoms with E-state index in [1.807, 2.05) is 41.3 Å². The maximum absolute atomic E-state index is 11.6. The number of nitrogens with zero attached hydrogens (tertiary/aromatic N) is 1. The topological polar surface area (TPSA) is 46.6 Å². The predicted molar refractivity (Wildman–Crippen MR) is 100 cm³/mol. The fourth-order valence-corrected chi connectivity index (χ4v) is 3.92. The number of rotatable bonds is 4. The Morgan fingerprint density at radius 2 is 2.00 bits per heavy atom. The molecule has 0 bridgehead atoms. The van der Waals surface area contributed by atoms with Gasteiger partial charge in [-0.05, 0) is 36.8 Å². The molecule has 0 radical (unpaired) electrons. The van der Waals surface area contributed by atoms with Gasteiger partial charge in [-0.3, -0.25) is 9.59 Å². The minimum Gasteiger partial charge on any atom is -0.427 e. The van der Waals surface area contributed by atoms with E-state index in [-0.39, 0.29) is 11.8 Å². The monoisotopic (exact) mass is 373 g/mol. The van der Waals surface area contributed by atoms with E-state index in [4.69, 9.17) is 16.3 Å². The Labute approximate surface area is 155 Å². The van der Waals surface area contributed by atoms with Crippen LogP contribution in [0.25, 0.3) is 0 Å². The molecule has 4 nitrogen and oxygen atoms in total. The van der Waals surface area contributed by atoms with E-state index >= 15 is 0 Å². The molecule has 0 atom stereocenters. The summed E-state index contributed by atoms with van der Waals surface area (Å²) in [6.07, 6.45) is 1.61. The zero-order valence-corrected chi connectivity index (χ0v) is 15.4. The van der Waals surface area contributed by atoms with Crippen molar-refractivity contribution in [2.45, 2.75) is 25.3 Å². The van der Waals surface area contributed by atoms with Gasteiger partial charge in [0.15, 0.2) is 5.78 Å². The van der Waals surface area contributed by atoms with E-state index in [2.05, 4.69) is 0 Å². The van der Waals surface area contributed by atoms with Gasteiger partial charge >= 0.3 is 5.97 Å². The quantitative estimate of drug-likeness (QED) is 0.437. The molecule has 2 aromatic rings. The van der Waals surface area contributed by atoms with Gasteiger partial charge in [0, 0.05) is 35.5 Å². The maximum Gasteiger partial charge on any atom is 0.308 e. The smallest absolute Gasteiger partial charge is 0.308 e. The zero-order valence-electron chi connectivity index (χ0n) is 13.8. The van der Waals surface area contributed by atoms with Crippen LogP contribution >= 0.6 is 23.4 Å². The van der Waals surface area contributed by atoms with Gasteiger partial charge in [-0.2, -0.15) is 0 Å². The Hall–Kier alpha value is -2.24. The van der Waals surface area contributed by atoms with Gasteiger partial charge in [0.1, 0.15) is 5.75 Å². The second kappa shape index (κ2) is 7.33. The first-order chi connectivity index (χ1) is 11.9. The average Bonchev–Trinajstić information content (AvgIpc) is 2.83. The fourth-order valence-electron chi connectivity index (χ4n) is 2.57. The van der Waals surface area contributed by atoms with Crippen molar-refractivity contribution in [3.8, 4) is 5.75 Å². The number of ketones is 1. The normalized spacial score (nSPS) is 14.5. The van der Waals surface area contributed by atoms with Crippen molar-refractivity contribution >= 4 is 40.8 Å². The van der Waals surface area contributed by atoms with Crippen LogP contribution in [0.1, 0.15) is 19.4 Å². The number of thioether (sulfide) groups is 1. The molecule has 0 saturated carbocycles. The molecule has 2 aromatic carbocycles. The highest BCUT2D eigenvalue weighted by Gasteiger charge is 2.26. The molecule has 0 aromatic heterocycles. The van der Waals surface area contributed by atoms with Crippen LogP contribution in [0, 0.1) is 0 Å². The lowest BCUT2D eigenvalue weighted by atomic mass is 10.2. The maximum atomic E-state index is 11.6. The third-order valence-corrected chi connectivity index (χ3v) is 4.87. The minimum atomic E-state index is -0.369. The standard InChI is InChI=1S/C19H16ClNO3S/c1-12(22)8-19-21(11-14-4-3-5-15(20)9-14)17-10-16(24-13(2)23)6-7-18(17)25-19/h3-10H,11H2,1-2H3. The van der Waals surface area contributed by atoms with Gasteiger partial charge in [0.05, 0.1) is 10.7 Å². The number of carbonyl (C=O) groups is 2. The van der Waals surface area contributed by atoms with E-state index in [0.717, 1.165) is 21.2 Å². The van der Waals surface area contributed by atoms with Crippen LogP contribution < -0.4 is 9.64 Å². The Morgan fingerprint density at radius 3 is 2.68 bits per heavy atom. The Morgan fingerprint density at radius 1 is 1.20 bits per heavy atom. The SMILES string of the molecule is CC(=O)C=C1Sc2ccc(OC(C)=O)cc2N1Cc1cccc(Cl)c1. The predicted octanol–water partition coefficient (Wildman–Crippen LogP) is 4.81. The number of esters is 1. The summed E-state index contributed by atoms with van der Waals surface area (Å²) in [6.45, 7) is 3.45. The van der Waals surface area contributed by atoms with Crippen LogP contribution in [0.4, 0.5) is 5.69 Å². The third-order valence-electron chi connectivity index (χ3n) is 3.52. The molecular formula is C19H16ClNO3S. The van der Waals surface area contributed by atoms with E-state index in [0.29, 0.717) is 17.3 Å². The number of ether oxygens (including phenoxy) is 1. The lowest BCUT2D eigenvalue weighted by molar-refractivity contribution is -0.131. The lowest BCUT2D eigenvalue weighted by Gasteiger charge is -2.21. The summed E-state index contributed by atoms with van der Waals surface area (Å²) in [4.78, 5) is 25.9. The molecule has 0 unspecified atom stereocenters. The molecule has 1 aliphatic heterocycles. The number of carbonyl (C=O) groups excluding carboxylic acids is 2. The van der Waals surface area contributed by atoms with Crippen molar-refractivity contribution in [3.63, 3.8) is 0 Å². The molecule has 1 heterocycles. The van der Waals surface area contributed by atoms with Crippen molar-refractivity contribution in [1.82, 2.24) is 0 Å². The third kappa shape index (κ3) is 4.24. The van der Waals surface area contributed by atoms with E-state index in [1.54, 1.807) is 12.1 Å². The summed E-state index contributed by atoms with van der Waals surface area (Å²) >= 11 is 7.60. The van der Waals surface area contributed by atoms with Gasteiger partial charge in [-0.25, -0.2) is 0 Å². The lowest BCUT2D eigenvalue weighted by Crippen LogP contribution is -2.17. The van der Waals surface area contributed by atoms with Crippen molar-refractivity contribution in [2.75, 3.05) is 4.90 Å². The molecule has 3 rings (SSSR count). The Kier molecular flexibility index (Phi) is 5.16. The summed E-state index contributed by atoms with van der Waals surface area (Å²) in [6, 6.07) is 13.1. The van der Waals surface area contributed by atoms with Crippen molar-refractivity contribution in [1.29, 1.82) is 0 Å². The highest BCUT2D eigenvalue weighted by atomic mass is 35.5. The molecule has 0 aliphatic carbocycles. The first-order valence-electron chi connectivity index (χ1n) is 7.67. The molecule has 0 amide bonds. The van der Waals surface area contributed by atoms with Gasteiger partial charge in [-0.1, -0.05) is 35.5 Å². The molecule has 1 aliphatic rings. The van der Waals surface area contributed by atoms with Crippen LogP contribution in [0.2, 0.25) is 5.02 Å². The van der Waals surface area contributed by atoms with Crippen LogP contribution in [-0.4, -0.2) is 11.8 Å². The summed E-state index contributed by atoms with van der Waals surface area (Å²) in [5.74, 6) is 0.0881. The summed E-state index contributed by atoms with van der Waals surface area (Å²) < 4.78 is 5.19. The first kappa shape index (κ1) is 17.6. The van der Waals surface area contributed by atoms with Crippen LogP contribution in [-0.2, 0) is 16.1 Å². The molecule has 6 heteroatoms. The van der Waals surface area contributed by atoms with Crippen molar-refractivity contribution in [3.05, 3.63) is 64.2 Å². The van der Waals surface area contributed by atoms with Crippen LogP contribution in [0.5, 0.6) is 5.75 Å². The average molecular weight is 374 g/mol. The highest BCUT2D eigenvalue weighted by Crippen LogP contribution is 2.48. The number of halogens is 1. The molecule has 128 valence electrons. The molecule has 0 spiro atoms. The molecular weight excluding hydrogens is 358 g/mol. The van der Waals surface area contributed by atoms with Crippen LogP contribution in [0.3, 0.4) is 0 Å². The number of fused-ring (bicyclic) bond motifs is 1. The van der Waals surface area contributed by atoms with Crippen molar-refractivity contribution < 1.29 is 14.3 Å². The molecule has 0 fully saturated rings. The largest absolute Gasteiger partial charge is 0.427 e. The van der Waals surface area contributed by atoms with E-state index in [9.17, 15) is 9.59 Å². The van der Waals surface area contributed by atoms with Crippen LogP contribution in [0.15, 0.2) is 58.5 Å². The number of benzene rings is 2. The number of hydrogen-bond acceptors (Lipinski definition) is 5. The van der Waals surface area contributed by atoms with E-state index in [1.165, 1.54) is 25.6 Å². The highest BCUT2D eigenvalue weighted by molar-refractivity contribution is 8.03. The molecule has 25 heavy (non-hydrogen) atoms.